The molecule has 1 N–H and O–H groups in total. The van der Waals surface area contributed by atoms with Crippen LogP contribution < -0.4 is 14.8 Å². The van der Waals surface area contributed by atoms with Gasteiger partial charge in [0.25, 0.3) is 0 Å². The first-order valence-corrected chi connectivity index (χ1v) is 12.1. The van der Waals surface area contributed by atoms with Gasteiger partial charge in [-0.05, 0) is 55.2 Å². The van der Waals surface area contributed by atoms with Crippen molar-refractivity contribution in [1.29, 1.82) is 0 Å². The largest absolute Gasteiger partial charge is 0.495 e. The van der Waals surface area contributed by atoms with Gasteiger partial charge in [0, 0.05) is 30.3 Å². The van der Waals surface area contributed by atoms with Crippen LogP contribution in [-0.4, -0.2) is 45.9 Å². The number of amides is 1. The molecule has 1 fully saturated rings. The van der Waals surface area contributed by atoms with Gasteiger partial charge in [0.1, 0.15) is 16.4 Å². The van der Waals surface area contributed by atoms with Gasteiger partial charge in [-0.3, -0.25) is 4.79 Å². The lowest BCUT2D eigenvalue weighted by Gasteiger charge is -2.26. The average molecular weight is 479 g/mol. The summed E-state index contributed by atoms with van der Waals surface area (Å²) < 4.78 is 38.3. The summed E-state index contributed by atoms with van der Waals surface area (Å²) >= 11 is 6.11. The number of hydrogen-bond donors (Lipinski definition) is 1. The van der Waals surface area contributed by atoms with E-state index in [0.717, 1.165) is 24.8 Å². The molecule has 7 nitrogen and oxygen atoms in total. The van der Waals surface area contributed by atoms with E-state index in [1.54, 1.807) is 30.3 Å². The van der Waals surface area contributed by atoms with E-state index >= 15 is 0 Å². The second-order valence-electron chi connectivity index (χ2n) is 7.50. The number of hydrogen-bond acceptors (Lipinski definition) is 5. The summed E-state index contributed by atoms with van der Waals surface area (Å²) in [7, 11) is -0.754. The number of carbonyl (C=O) groups excluding carboxylic acids is 1. The molecule has 1 saturated heterocycles. The summed E-state index contributed by atoms with van der Waals surface area (Å²) in [6.07, 6.45) is 5.60. The van der Waals surface area contributed by atoms with Crippen LogP contribution in [0.3, 0.4) is 0 Å². The van der Waals surface area contributed by atoms with E-state index in [1.165, 1.54) is 30.7 Å². The molecular weight excluding hydrogens is 452 g/mol. The summed E-state index contributed by atoms with van der Waals surface area (Å²) in [5.41, 5.74) is 1.86. The molecule has 0 spiro atoms. The molecule has 3 rings (SSSR count). The number of anilines is 1. The monoisotopic (exact) mass is 478 g/mol. The fourth-order valence-electron chi connectivity index (χ4n) is 3.52. The van der Waals surface area contributed by atoms with Crippen molar-refractivity contribution in [1.82, 2.24) is 4.31 Å². The van der Waals surface area contributed by atoms with Gasteiger partial charge in [0.05, 0.1) is 19.9 Å². The molecule has 0 radical (unpaired) electrons. The Balaban J connectivity index is 1.83. The van der Waals surface area contributed by atoms with E-state index < -0.39 is 10.0 Å². The predicted octanol–water partition coefficient (Wildman–Crippen LogP) is 4.49. The highest BCUT2D eigenvalue weighted by atomic mass is 35.5. The molecule has 0 bridgehead atoms. The van der Waals surface area contributed by atoms with Crippen molar-refractivity contribution >= 4 is 39.3 Å². The standard InChI is InChI=1S/C23H27ClN2O5S/c1-16-13-19(21(31-3)15-18(16)24)25-23(27)10-8-17-7-9-20(30-2)22(14-17)32(28,29)26-11-5-4-6-12-26/h7-10,13-15H,4-6,11-12H2,1-3H3,(H,25,27). The normalized spacial score (nSPS) is 15.0. The van der Waals surface area contributed by atoms with Crippen LogP contribution in [0.4, 0.5) is 5.69 Å². The molecule has 32 heavy (non-hydrogen) atoms. The summed E-state index contributed by atoms with van der Waals surface area (Å²) in [5.74, 6) is 0.335. The highest BCUT2D eigenvalue weighted by Crippen LogP contribution is 2.32. The maximum absolute atomic E-state index is 13.1. The highest BCUT2D eigenvalue weighted by Gasteiger charge is 2.29. The summed E-state index contributed by atoms with van der Waals surface area (Å²) in [6, 6.07) is 8.19. The third kappa shape index (κ3) is 5.43. The second-order valence-corrected chi connectivity index (χ2v) is 9.81. The minimum Gasteiger partial charge on any atom is -0.495 e. The molecule has 1 aliphatic heterocycles. The Bertz CT molecular complexity index is 1130. The molecule has 0 aliphatic carbocycles. The summed E-state index contributed by atoms with van der Waals surface area (Å²) in [4.78, 5) is 12.6. The Morgan fingerprint density at radius 2 is 1.75 bits per heavy atom. The maximum Gasteiger partial charge on any atom is 0.248 e. The van der Waals surface area contributed by atoms with Crippen LogP contribution in [-0.2, 0) is 14.8 Å². The van der Waals surface area contributed by atoms with Crippen LogP contribution in [0.5, 0.6) is 11.5 Å². The van der Waals surface area contributed by atoms with E-state index in [4.69, 9.17) is 21.1 Å². The molecule has 9 heteroatoms. The number of methoxy groups -OCH3 is 2. The van der Waals surface area contributed by atoms with Crippen LogP contribution in [0.15, 0.2) is 41.3 Å². The second kappa shape index (κ2) is 10.4. The van der Waals surface area contributed by atoms with Crippen molar-refractivity contribution in [2.45, 2.75) is 31.1 Å². The zero-order chi connectivity index (χ0) is 23.3. The number of sulfonamides is 1. The molecule has 2 aromatic rings. The van der Waals surface area contributed by atoms with Crippen molar-refractivity contribution in [2.24, 2.45) is 0 Å². The van der Waals surface area contributed by atoms with Crippen molar-refractivity contribution in [2.75, 3.05) is 32.6 Å². The van der Waals surface area contributed by atoms with E-state index in [1.807, 2.05) is 6.92 Å². The molecule has 1 amide bonds. The smallest absolute Gasteiger partial charge is 0.248 e. The summed E-state index contributed by atoms with van der Waals surface area (Å²) in [5, 5.41) is 3.30. The van der Waals surface area contributed by atoms with E-state index in [2.05, 4.69) is 5.32 Å². The lowest BCUT2D eigenvalue weighted by atomic mass is 10.2. The van der Waals surface area contributed by atoms with E-state index in [9.17, 15) is 13.2 Å². The molecule has 0 unspecified atom stereocenters. The summed E-state index contributed by atoms with van der Waals surface area (Å²) in [6.45, 7) is 2.82. The number of benzene rings is 2. The Hall–Kier alpha value is -2.55. The van der Waals surface area contributed by atoms with Crippen molar-refractivity contribution in [3.8, 4) is 11.5 Å². The third-order valence-electron chi connectivity index (χ3n) is 5.29. The van der Waals surface area contributed by atoms with Gasteiger partial charge in [-0.1, -0.05) is 24.1 Å². The van der Waals surface area contributed by atoms with Crippen LogP contribution in [0.25, 0.3) is 6.08 Å². The quantitative estimate of drug-likeness (QED) is 0.592. The Morgan fingerprint density at radius 1 is 1.06 bits per heavy atom. The Morgan fingerprint density at radius 3 is 2.41 bits per heavy atom. The predicted molar refractivity (Wildman–Crippen MR) is 126 cm³/mol. The van der Waals surface area contributed by atoms with Crippen molar-refractivity contribution in [3.63, 3.8) is 0 Å². The number of aryl methyl sites for hydroxylation is 1. The molecule has 172 valence electrons. The minimum absolute atomic E-state index is 0.0967. The van der Waals surface area contributed by atoms with Crippen LogP contribution in [0.2, 0.25) is 5.02 Å². The first-order valence-electron chi connectivity index (χ1n) is 10.3. The average Bonchev–Trinajstić information content (AvgIpc) is 2.80. The van der Waals surface area contributed by atoms with Gasteiger partial charge < -0.3 is 14.8 Å². The zero-order valence-corrected chi connectivity index (χ0v) is 19.9. The fourth-order valence-corrected chi connectivity index (χ4v) is 5.38. The van der Waals surface area contributed by atoms with Gasteiger partial charge >= 0.3 is 0 Å². The fraction of sp³-hybridized carbons (Fsp3) is 0.348. The number of carbonyl (C=O) groups is 1. The number of nitrogens with zero attached hydrogens (tertiary/aromatic N) is 1. The molecule has 1 heterocycles. The minimum atomic E-state index is -3.69. The number of rotatable bonds is 7. The lowest BCUT2D eigenvalue weighted by molar-refractivity contribution is -0.111. The first kappa shape index (κ1) is 24.1. The van der Waals surface area contributed by atoms with Crippen LogP contribution in [0.1, 0.15) is 30.4 Å². The molecule has 0 atom stereocenters. The number of nitrogens with one attached hydrogen (secondary N) is 1. The van der Waals surface area contributed by atoms with Crippen molar-refractivity contribution in [3.05, 3.63) is 52.6 Å². The van der Waals surface area contributed by atoms with Gasteiger partial charge in [-0.25, -0.2) is 8.42 Å². The zero-order valence-electron chi connectivity index (χ0n) is 18.4. The van der Waals surface area contributed by atoms with Gasteiger partial charge in [0.15, 0.2) is 0 Å². The van der Waals surface area contributed by atoms with E-state index in [-0.39, 0.29) is 16.6 Å². The number of piperidine rings is 1. The molecule has 0 aromatic heterocycles. The Kier molecular flexibility index (Phi) is 7.82. The number of ether oxygens (including phenoxy) is 2. The van der Waals surface area contributed by atoms with Crippen LogP contribution >= 0.6 is 11.6 Å². The van der Waals surface area contributed by atoms with E-state index in [0.29, 0.717) is 35.1 Å². The highest BCUT2D eigenvalue weighted by molar-refractivity contribution is 7.89. The molecule has 0 saturated carbocycles. The Labute approximate surface area is 194 Å². The van der Waals surface area contributed by atoms with Gasteiger partial charge in [0.2, 0.25) is 15.9 Å². The maximum atomic E-state index is 13.1. The number of halogens is 1. The molecule has 2 aromatic carbocycles. The molecular formula is C23H27ClN2O5S. The topological polar surface area (TPSA) is 84.9 Å². The van der Waals surface area contributed by atoms with Crippen LogP contribution in [0, 0.1) is 6.92 Å². The third-order valence-corrected chi connectivity index (χ3v) is 7.61. The van der Waals surface area contributed by atoms with Gasteiger partial charge in [-0.15, -0.1) is 0 Å². The SMILES string of the molecule is COc1cc(Cl)c(C)cc1NC(=O)C=Cc1ccc(OC)c(S(=O)(=O)N2CCCCC2)c1. The molecule has 1 aliphatic rings. The lowest BCUT2D eigenvalue weighted by Crippen LogP contribution is -2.35. The van der Waals surface area contributed by atoms with Crippen molar-refractivity contribution < 1.29 is 22.7 Å². The first-order chi connectivity index (χ1) is 15.3. The van der Waals surface area contributed by atoms with Gasteiger partial charge in [-0.2, -0.15) is 4.31 Å².